The van der Waals surface area contributed by atoms with Crippen molar-refractivity contribution < 1.29 is 9.18 Å². The SMILES string of the molecule is O=C(Cc1csc(Nc2cccc(Cl)c2)n1)NCCc1ccc(F)cc1. The molecule has 0 fully saturated rings. The van der Waals surface area contributed by atoms with E-state index in [4.69, 9.17) is 11.6 Å². The quantitative estimate of drug-likeness (QED) is 0.621. The largest absolute Gasteiger partial charge is 0.355 e. The summed E-state index contributed by atoms with van der Waals surface area (Å²) in [5.74, 6) is -0.352. The molecule has 1 amide bonds. The van der Waals surface area contributed by atoms with Crippen LogP contribution in [0.1, 0.15) is 11.3 Å². The highest BCUT2D eigenvalue weighted by atomic mass is 35.5. The first-order valence-corrected chi connectivity index (χ1v) is 9.32. The fourth-order valence-electron chi connectivity index (χ4n) is 2.36. The van der Waals surface area contributed by atoms with Crippen molar-refractivity contribution in [3.8, 4) is 0 Å². The first-order chi connectivity index (χ1) is 12.6. The first-order valence-electron chi connectivity index (χ1n) is 8.06. The van der Waals surface area contributed by atoms with Gasteiger partial charge in [0.1, 0.15) is 5.82 Å². The van der Waals surface area contributed by atoms with E-state index in [1.165, 1.54) is 23.5 Å². The number of nitrogens with one attached hydrogen (secondary N) is 2. The number of hydrogen-bond donors (Lipinski definition) is 2. The van der Waals surface area contributed by atoms with E-state index < -0.39 is 0 Å². The van der Waals surface area contributed by atoms with Gasteiger partial charge in [-0.1, -0.05) is 29.8 Å². The lowest BCUT2D eigenvalue weighted by atomic mass is 10.1. The van der Waals surface area contributed by atoms with Crippen molar-refractivity contribution in [2.45, 2.75) is 12.8 Å². The molecular formula is C19H17ClFN3OS. The molecule has 0 unspecified atom stereocenters. The lowest BCUT2D eigenvalue weighted by Gasteiger charge is -2.04. The van der Waals surface area contributed by atoms with E-state index in [1.807, 2.05) is 23.6 Å². The Hall–Kier alpha value is -2.44. The second-order valence-corrected chi connectivity index (χ2v) is 6.98. The maximum atomic E-state index is 12.9. The fourth-order valence-corrected chi connectivity index (χ4v) is 3.28. The molecule has 0 aliphatic rings. The molecule has 3 aromatic rings. The molecule has 2 N–H and O–H groups in total. The standard InChI is InChI=1S/C19H17ClFN3OS/c20-14-2-1-3-16(10-14)23-19-24-17(12-26-19)11-18(25)22-9-8-13-4-6-15(21)7-5-13/h1-7,10,12H,8-9,11H2,(H,22,25)(H,23,24). The molecule has 0 aliphatic heterocycles. The van der Waals surface area contributed by atoms with Gasteiger partial charge in [-0.2, -0.15) is 0 Å². The summed E-state index contributed by atoms with van der Waals surface area (Å²) in [6, 6.07) is 13.6. The molecule has 0 atom stereocenters. The molecule has 0 bridgehead atoms. The van der Waals surface area contributed by atoms with Crippen molar-refractivity contribution in [3.63, 3.8) is 0 Å². The highest BCUT2D eigenvalue weighted by Gasteiger charge is 2.08. The third-order valence-electron chi connectivity index (χ3n) is 3.62. The summed E-state index contributed by atoms with van der Waals surface area (Å²) in [6.07, 6.45) is 0.877. The molecule has 4 nitrogen and oxygen atoms in total. The number of aromatic nitrogens is 1. The van der Waals surface area contributed by atoms with Gasteiger partial charge in [-0.3, -0.25) is 4.79 Å². The Bertz CT molecular complexity index is 883. The Kier molecular flexibility index (Phi) is 6.20. The van der Waals surface area contributed by atoms with Crippen molar-refractivity contribution >= 4 is 39.7 Å². The van der Waals surface area contributed by atoms with Gasteiger partial charge >= 0.3 is 0 Å². The number of hydrogen-bond acceptors (Lipinski definition) is 4. The van der Waals surface area contributed by atoms with E-state index in [0.29, 0.717) is 28.8 Å². The molecule has 0 spiro atoms. The Balaban J connectivity index is 1.46. The molecule has 0 saturated carbocycles. The van der Waals surface area contributed by atoms with E-state index in [2.05, 4.69) is 15.6 Å². The molecule has 0 saturated heterocycles. The van der Waals surface area contributed by atoms with Crippen molar-refractivity contribution in [1.29, 1.82) is 0 Å². The highest BCUT2D eigenvalue weighted by molar-refractivity contribution is 7.13. The Morgan fingerprint density at radius 1 is 1.19 bits per heavy atom. The maximum absolute atomic E-state index is 12.9. The minimum absolute atomic E-state index is 0.0910. The zero-order valence-electron chi connectivity index (χ0n) is 13.8. The second-order valence-electron chi connectivity index (χ2n) is 5.68. The summed E-state index contributed by atoms with van der Waals surface area (Å²) in [7, 11) is 0. The summed E-state index contributed by atoms with van der Waals surface area (Å²) in [5, 5.41) is 9.23. The van der Waals surface area contributed by atoms with E-state index >= 15 is 0 Å². The second kappa shape index (κ2) is 8.78. The first kappa shape index (κ1) is 18.4. The maximum Gasteiger partial charge on any atom is 0.226 e. The van der Waals surface area contributed by atoms with Gasteiger partial charge < -0.3 is 10.6 Å². The summed E-state index contributed by atoms with van der Waals surface area (Å²) in [5.41, 5.74) is 2.54. The number of anilines is 2. The number of carbonyl (C=O) groups excluding carboxylic acids is 1. The van der Waals surface area contributed by atoms with Gasteiger partial charge in [0.25, 0.3) is 0 Å². The number of rotatable bonds is 7. The summed E-state index contributed by atoms with van der Waals surface area (Å²) in [4.78, 5) is 16.4. The summed E-state index contributed by atoms with van der Waals surface area (Å²) < 4.78 is 12.9. The molecule has 0 aliphatic carbocycles. The van der Waals surface area contributed by atoms with E-state index in [9.17, 15) is 9.18 Å². The van der Waals surface area contributed by atoms with Crippen LogP contribution in [0.4, 0.5) is 15.2 Å². The summed E-state index contributed by atoms with van der Waals surface area (Å²) >= 11 is 7.39. The zero-order chi connectivity index (χ0) is 18.4. The number of thiazole rings is 1. The molecular weight excluding hydrogens is 373 g/mol. The van der Waals surface area contributed by atoms with E-state index in [0.717, 1.165) is 11.3 Å². The molecule has 3 rings (SSSR count). The van der Waals surface area contributed by atoms with Crippen molar-refractivity contribution in [2.24, 2.45) is 0 Å². The number of carbonyl (C=O) groups is 1. The van der Waals surface area contributed by atoms with Crippen LogP contribution in [-0.4, -0.2) is 17.4 Å². The van der Waals surface area contributed by atoms with Crippen LogP contribution in [0, 0.1) is 5.82 Å². The van der Waals surface area contributed by atoms with Gasteiger partial charge in [-0.05, 0) is 42.3 Å². The van der Waals surface area contributed by atoms with Crippen LogP contribution in [0.3, 0.4) is 0 Å². The topological polar surface area (TPSA) is 54.0 Å². The van der Waals surface area contributed by atoms with Gasteiger partial charge in [0.15, 0.2) is 5.13 Å². The molecule has 2 aromatic carbocycles. The normalized spacial score (nSPS) is 10.5. The van der Waals surface area contributed by atoms with Gasteiger partial charge in [0.05, 0.1) is 12.1 Å². The third-order valence-corrected chi connectivity index (χ3v) is 4.66. The molecule has 26 heavy (non-hydrogen) atoms. The molecule has 1 heterocycles. The van der Waals surface area contributed by atoms with Crippen molar-refractivity contribution in [1.82, 2.24) is 10.3 Å². The average Bonchev–Trinajstić information content (AvgIpc) is 3.03. The Morgan fingerprint density at radius 2 is 2.00 bits per heavy atom. The van der Waals surface area contributed by atoms with Gasteiger partial charge in [-0.25, -0.2) is 9.37 Å². The van der Waals surface area contributed by atoms with E-state index in [-0.39, 0.29) is 18.1 Å². The monoisotopic (exact) mass is 389 g/mol. The van der Waals surface area contributed by atoms with Crippen LogP contribution >= 0.6 is 22.9 Å². The Morgan fingerprint density at radius 3 is 2.77 bits per heavy atom. The molecule has 7 heteroatoms. The molecule has 0 radical (unpaired) electrons. The van der Waals surface area contributed by atoms with Crippen LogP contribution in [0.5, 0.6) is 0 Å². The van der Waals surface area contributed by atoms with E-state index in [1.54, 1.807) is 18.2 Å². The average molecular weight is 390 g/mol. The molecule has 134 valence electrons. The fraction of sp³-hybridized carbons (Fsp3) is 0.158. The van der Waals surface area contributed by atoms with Gasteiger partial charge in [0, 0.05) is 22.6 Å². The van der Waals surface area contributed by atoms with Crippen LogP contribution in [0.15, 0.2) is 53.9 Å². The zero-order valence-corrected chi connectivity index (χ0v) is 15.4. The smallest absolute Gasteiger partial charge is 0.226 e. The van der Waals surface area contributed by atoms with Crippen molar-refractivity contribution in [2.75, 3.05) is 11.9 Å². The van der Waals surface area contributed by atoms with Gasteiger partial charge in [-0.15, -0.1) is 11.3 Å². The minimum Gasteiger partial charge on any atom is -0.355 e. The number of amides is 1. The third kappa shape index (κ3) is 5.54. The number of halogens is 2. The summed E-state index contributed by atoms with van der Waals surface area (Å²) in [6.45, 7) is 0.502. The molecule has 1 aromatic heterocycles. The van der Waals surface area contributed by atoms with Crippen LogP contribution in [-0.2, 0) is 17.6 Å². The van der Waals surface area contributed by atoms with Crippen molar-refractivity contribution in [3.05, 3.63) is 76.0 Å². The van der Waals surface area contributed by atoms with Crippen LogP contribution in [0.25, 0.3) is 0 Å². The predicted octanol–water partition coefficient (Wildman–Crippen LogP) is 4.58. The Labute approximate surface area is 160 Å². The van der Waals surface area contributed by atoms with Crippen LogP contribution in [0.2, 0.25) is 5.02 Å². The minimum atomic E-state index is -0.261. The van der Waals surface area contributed by atoms with Gasteiger partial charge in [0.2, 0.25) is 5.91 Å². The van der Waals surface area contributed by atoms with Crippen LogP contribution < -0.4 is 10.6 Å². The number of benzene rings is 2. The lowest BCUT2D eigenvalue weighted by Crippen LogP contribution is -2.27. The lowest BCUT2D eigenvalue weighted by molar-refractivity contribution is -0.120. The highest BCUT2D eigenvalue weighted by Crippen LogP contribution is 2.23. The number of nitrogens with zero attached hydrogens (tertiary/aromatic N) is 1. The predicted molar refractivity (Wildman–Crippen MR) is 104 cm³/mol.